The van der Waals surface area contributed by atoms with Crippen molar-refractivity contribution >= 4 is 28.7 Å². The Bertz CT molecular complexity index is 694. The minimum absolute atomic E-state index is 0.0362. The average molecular weight is 318 g/mol. The molecule has 4 N–H and O–H groups in total. The molecule has 0 aromatic carbocycles. The third-order valence-corrected chi connectivity index (χ3v) is 3.81. The first-order valence-corrected chi connectivity index (χ1v) is 6.53. The summed E-state index contributed by atoms with van der Waals surface area (Å²) in [5, 5.41) is 19.1. The second-order valence-corrected chi connectivity index (χ2v) is 5.36. The number of fused-ring (bicyclic) bond motifs is 1. The van der Waals surface area contributed by atoms with Crippen LogP contribution in [0, 0.1) is 0 Å². The van der Waals surface area contributed by atoms with E-state index in [0.29, 0.717) is 0 Å². The fraction of sp³-hybridized carbons (Fsp3) is 0.545. The van der Waals surface area contributed by atoms with Gasteiger partial charge in [-0.25, -0.2) is 9.37 Å². The predicted octanol–water partition coefficient (Wildman–Crippen LogP) is 0.0407. The van der Waals surface area contributed by atoms with Gasteiger partial charge in [0.1, 0.15) is 17.7 Å². The van der Waals surface area contributed by atoms with Gasteiger partial charge in [-0.2, -0.15) is 9.97 Å². The Balaban J connectivity index is 2.13. The summed E-state index contributed by atoms with van der Waals surface area (Å²) >= 11 is 5.91. The van der Waals surface area contributed by atoms with Crippen molar-refractivity contribution < 1.29 is 19.3 Å². The number of nitrogens with zero attached hydrogens (tertiary/aromatic N) is 4. The molecule has 8 nitrogen and oxygen atoms in total. The summed E-state index contributed by atoms with van der Waals surface area (Å²) in [4.78, 5) is 11.7. The van der Waals surface area contributed by atoms with Gasteiger partial charge in [-0.15, -0.1) is 0 Å². The maximum Gasteiger partial charge on any atom is 0.223 e. The minimum Gasteiger partial charge on any atom is -0.394 e. The molecule has 3 heterocycles. The quantitative estimate of drug-likeness (QED) is 0.669. The van der Waals surface area contributed by atoms with Crippen LogP contribution in [0.2, 0.25) is 5.15 Å². The number of hydrogen-bond acceptors (Lipinski definition) is 7. The van der Waals surface area contributed by atoms with Crippen LogP contribution in [0.3, 0.4) is 0 Å². The molecule has 10 heteroatoms. The summed E-state index contributed by atoms with van der Waals surface area (Å²) < 4.78 is 21.4. The van der Waals surface area contributed by atoms with Crippen LogP contribution in [-0.4, -0.2) is 54.2 Å². The topological polar surface area (TPSA) is 119 Å². The van der Waals surface area contributed by atoms with E-state index >= 15 is 0 Å². The lowest BCUT2D eigenvalue weighted by Crippen LogP contribution is -2.40. The smallest absolute Gasteiger partial charge is 0.223 e. The Morgan fingerprint density at radius 1 is 1.57 bits per heavy atom. The van der Waals surface area contributed by atoms with E-state index in [-0.39, 0.29) is 22.3 Å². The summed E-state index contributed by atoms with van der Waals surface area (Å²) in [6, 6.07) is 0. The molecule has 1 aliphatic rings. The van der Waals surface area contributed by atoms with Crippen LogP contribution in [-0.2, 0) is 4.74 Å². The maximum absolute atomic E-state index is 14.8. The molecule has 1 saturated heterocycles. The molecule has 0 spiro atoms. The fourth-order valence-electron chi connectivity index (χ4n) is 2.43. The average Bonchev–Trinajstić information content (AvgIpc) is 2.91. The van der Waals surface area contributed by atoms with Crippen molar-refractivity contribution in [2.75, 3.05) is 12.3 Å². The number of hydrogen-bond donors (Lipinski definition) is 3. The van der Waals surface area contributed by atoms with Crippen LogP contribution in [0.25, 0.3) is 11.2 Å². The van der Waals surface area contributed by atoms with E-state index in [1.807, 2.05) is 0 Å². The van der Waals surface area contributed by atoms with E-state index in [4.69, 9.17) is 27.2 Å². The van der Waals surface area contributed by atoms with E-state index in [1.165, 1.54) is 17.8 Å². The first-order chi connectivity index (χ1) is 9.86. The van der Waals surface area contributed by atoms with Crippen LogP contribution in [0.15, 0.2) is 6.33 Å². The third-order valence-electron chi connectivity index (χ3n) is 3.55. The van der Waals surface area contributed by atoms with Crippen molar-refractivity contribution in [3.63, 3.8) is 0 Å². The second-order valence-electron chi connectivity index (χ2n) is 5.00. The van der Waals surface area contributed by atoms with Gasteiger partial charge in [0.15, 0.2) is 22.7 Å². The molecule has 2 aromatic rings. The monoisotopic (exact) mass is 317 g/mol. The van der Waals surface area contributed by atoms with Gasteiger partial charge in [0, 0.05) is 0 Å². The lowest BCUT2D eigenvalue weighted by molar-refractivity contribution is -0.0566. The highest BCUT2D eigenvalue weighted by atomic mass is 35.5. The SMILES string of the molecule is CC1(F)[C@@H](O)[C@@H](CO)O[C@H]1n1cnc2c(Cl)nc(N)nc21. The molecule has 0 radical (unpaired) electrons. The Kier molecular flexibility index (Phi) is 3.24. The summed E-state index contributed by atoms with van der Waals surface area (Å²) in [6.45, 7) is 0.664. The number of nitrogens with two attached hydrogens (primary N) is 1. The van der Waals surface area contributed by atoms with Crippen molar-refractivity contribution in [2.24, 2.45) is 0 Å². The molecule has 1 unspecified atom stereocenters. The molecule has 2 aromatic heterocycles. The van der Waals surface area contributed by atoms with E-state index in [9.17, 15) is 9.50 Å². The number of alkyl halides is 1. The number of aliphatic hydroxyl groups excluding tert-OH is 2. The van der Waals surface area contributed by atoms with Crippen LogP contribution in [0.1, 0.15) is 13.2 Å². The van der Waals surface area contributed by atoms with E-state index in [2.05, 4.69) is 15.0 Å². The molecule has 0 aliphatic carbocycles. The number of aromatic nitrogens is 4. The van der Waals surface area contributed by atoms with Crippen LogP contribution < -0.4 is 5.73 Å². The largest absolute Gasteiger partial charge is 0.394 e. The molecule has 3 rings (SSSR count). The molecule has 0 amide bonds. The van der Waals surface area contributed by atoms with Gasteiger partial charge in [-0.3, -0.25) is 4.57 Å². The number of ether oxygens (including phenoxy) is 1. The Morgan fingerprint density at radius 2 is 2.29 bits per heavy atom. The van der Waals surface area contributed by atoms with E-state index < -0.39 is 30.7 Å². The van der Waals surface area contributed by atoms with Gasteiger partial charge in [-0.1, -0.05) is 11.6 Å². The van der Waals surface area contributed by atoms with Crippen molar-refractivity contribution in [3.05, 3.63) is 11.5 Å². The highest BCUT2D eigenvalue weighted by Crippen LogP contribution is 2.42. The third kappa shape index (κ3) is 2.04. The summed E-state index contributed by atoms with van der Waals surface area (Å²) in [6.07, 6.45) is -2.48. The number of imidazole rings is 1. The zero-order chi connectivity index (χ0) is 15.4. The van der Waals surface area contributed by atoms with Crippen molar-refractivity contribution in [1.29, 1.82) is 0 Å². The molecule has 1 fully saturated rings. The molecular formula is C11H13ClFN5O3. The van der Waals surface area contributed by atoms with Crippen molar-refractivity contribution in [3.8, 4) is 0 Å². The number of aliphatic hydroxyl groups is 2. The number of nitrogen functional groups attached to an aromatic ring is 1. The zero-order valence-corrected chi connectivity index (χ0v) is 11.7. The molecule has 114 valence electrons. The minimum atomic E-state index is -2.15. The molecule has 1 aliphatic heterocycles. The van der Waals surface area contributed by atoms with Crippen molar-refractivity contribution in [2.45, 2.75) is 31.0 Å². The molecule has 4 atom stereocenters. The number of rotatable bonds is 2. The van der Waals surface area contributed by atoms with Gasteiger partial charge in [0.2, 0.25) is 5.95 Å². The van der Waals surface area contributed by atoms with Gasteiger partial charge < -0.3 is 20.7 Å². The van der Waals surface area contributed by atoms with Gasteiger partial charge in [0.05, 0.1) is 12.9 Å². The highest BCUT2D eigenvalue weighted by Gasteiger charge is 2.55. The Morgan fingerprint density at radius 3 is 2.90 bits per heavy atom. The Hall–Kier alpha value is -1.55. The number of anilines is 1. The van der Waals surface area contributed by atoms with E-state index in [0.717, 1.165) is 0 Å². The zero-order valence-electron chi connectivity index (χ0n) is 10.9. The lowest BCUT2D eigenvalue weighted by Gasteiger charge is -2.24. The van der Waals surface area contributed by atoms with Gasteiger partial charge in [-0.05, 0) is 6.92 Å². The summed E-state index contributed by atoms with van der Waals surface area (Å²) in [7, 11) is 0. The number of halogens is 2. The molecular weight excluding hydrogens is 305 g/mol. The van der Waals surface area contributed by atoms with Crippen LogP contribution in [0.4, 0.5) is 10.3 Å². The van der Waals surface area contributed by atoms with Gasteiger partial charge in [0.25, 0.3) is 0 Å². The van der Waals surface area contributed by atoms with Crippen LogP contribution >= 0.6 is 11.6 Å². The predicted molar refractivity (Wildman–Crippen MR) is 71.3 cm³/mol. The van der Waals surface area contributed by atoms with Crippen molar-refractivity contribution in [1.82, 2.24) is 19.5 Å². The summed E-state index contributed by atoms with van der Waals surface area (Å²) in [5.41, 5.74) is 3.81. The fourth-order valence-corrected chi connectivity index (χ4v) is 2.65. The molecule has 21 heavy (non-hydrogen) atoms. The Labute approximate surface area is 123 Å². The highest BCUT2D eigenvalue weighted by molar-refractivity contribution is 6.33. The lowest BCUT2D eigenvalue weighted by atomic mass is 9.99. The summed E-state index contributed by atoms with van der Waals surface area (Å²) in [5.74, 6) is -0.0907. The normalized spacial score (nSPS) is 32.9. The van der Waals surface area contributed by atoms with Crippen LogP contribution in [0.5, 0.6) is 0 Å². The molecule has 0 saturated carbocycles. The second kappa shape index (κ2) is 4.73. The van der Waals surface area contributed by atoms with E-state index in [1.54, 1.807) is 0 Å². The first kappa shape index (κ1) is 14.4. The first-order valence-electron chi connectivity index (χ1n) is 6.15. The molecule has 0 bridgehead atoms. The van der Waals surface area contributed by atoms with Gasteiger partial charge >= 0.3 is 0 Å². The maximum atomic E-state index is 14.8. The standard InChI is InChI=1S/C11H13ClFN5O3/c1-11(13)6(20)4(2-19)21-9(11)18-3-15-5-7(12)16-10(14)17-8(5)18/h3-4,6,9,19-20H,2H2,1H3,(H2,14,16,17)/t4-,6+,9-,11?/m1/s1.